The van der Waals surface area contributed by atoms with E-state index in [4.69, 9.17) is 16.7 Å². The fourth-order valence-corrected chi connectivity index (χ4v) is 1.69. The average Bonchev–Trinajstić information content (AvgIpc) is 2.75. The Morgan fingerprint density at radius 2 is 2.33 bits per heavy atom. The minimum absolute atomic E-state index is 0.152. The summed E-state index contributed by atoms with van der Waals surface area (Å²) in [5.74, 6) is -1.53. The fourth-order valence-electron chi connectivity index (χ4n) is 1.48. The highest BCUT2D eigenvalue weighted by Crippen LogP contribution is 2.29. The Hall–Kier alpha value is -1.73. The molecular formula is C10H8ClF2N3O2. The van der Waals surface area contributed by atoms with Crippen LogP contribution < -0.4 is 10.4 Å². The molecule has 1 aliphatic rings. The molecule has 96 valence electrons. The molecule has 0 saturated heterocycles. The number of alkyl halides is 2. The second kappa shape index (κ2) is 4.51. The van der Waals surface area contributed by atoms with Gasteiger partial charge in [0.15, 0.2) is 5.82 Å². The van der Waals surface area contributed by atoms with Gasteiger partial charge < -0.3 is 5.11 Å². The molecule has 1 aliphatic heterocycles. The number of anilines is 1. The minimum Gasteiger partial charge on any atom is -0.479 e. The van der Waals surface area contributed by atoms with Crippen molar-refractivity contribution in [3.05, 3.63) is 35.6 Å². The van der Waals surface area contributed by atoms with Gasteiger partial charge in [0.2, 0.25) is 5.54 Å². The smallest absolute Gasteiger partial charge is 0.335 e. The van der Waals surface area contributed by atoms with Gasteiger partial charge in [-0.1, -0.05) is 11.6 Å². The molecule has 0 aliphatic carbocycles. The number of hydrazine groups is 1. The van der Waals surface area contributed by atoms with Crippen molar-refractivity contribution >= 4 is 23.4 Å². The third-order valence-corrected chi connectivity index (χ3v) is 2.75. The van der Waals surface area contributed by atoms with E-state index in [0.29, 0.717) is 0 Å². The quantitative estimate of drug-likeness (QED) is 0.878. The van der Waals surface area contributed by atoms with Gasteiger partial charge in [-0.15, -0.1) is 0 Å². The van der Waals surface area contributed by atoms with E-state index in [1.807, 2.05) is 0 Å². The third kappa shape index (κ3) is 1.91. The molecule has 8 heteroatoms. The molecule has 0 saturated carbocycles. The number of nitrogens with one attached hydrogen (secondary N) is 1. The average molecular weight is 276 g/mol. The van der Waals surface area contributed by atoms with Crippen LogP contribution in [0, 0.1) is 0 Å². The normalized spacial score (nSPS) is 22.8. The topological polar surface area (TPSA) is 65.5 Å². The van der Waals surface area contributed by atoms with Gasteiger partial charge in [0, 0.05) is 12.4 Å². The first-order valence-electron chi connectivity index (χ1n) is 4.86. The van der Waals surface area contributed by atoms with E-state index in [2.05, 4.69) is 10.4 Å². The maximum Gasteiger partial charge on any atom is 0.335 e. The van der Waals surface area contributed by atoms with Crippen molar-refractivity contribution in [3.63, 3.8) is 0 Å². The van der Waals surface area contributed by atoms with Crippen LogP contribution in [0.2, 0.25) is 5.02 Å². The molecule has 0 aromatic carbocycles. The number of carboxylic acids is 1. The van der Waals surface area contributed by atoms with Crippen molar-refractivity contribution < 1.29 is 18.7 Å². The number of aromatic nitrogens is 1. The van der Waals surface area contributed by atoms with Gasteiger partial charge in [0.25, 0.3) is 6.43 Å². The van der Waals surface area contributed by atoms with E-state index in [1.54, 1.807) is 6.07 Å². The molecule has 0 amide bonds. The summed E-state index contributed by atoms with van der Waals surface area (Å²) < 4.78 is 25.7. The summed E-state index contributed by atoms with van der Waals surface area (Å²) in [5.41, 5.74) is -0.271. The monoisotopic (exact) mass is 275 g/mol. The molecule has 1 atom stereocenters. The SMILES string of the molecule is O=C(O)C1(C(F)F)C=CN(c2ncccc2Cl)N1. The first-order valence-corrected chi connectivity index (χ1v) is 5.23. The fraction of sp³-hybridized carbons (Fsp3) is 0.200. The van der Waals surface area contributed by atoms with Crippen molar-refractivity contribution in [1.29, 1.82) is 0 Å². The molecular weight excluding hydrogens is 268 g/mol. The zero-order valence-electron chi connectivity index (χ0n) is 8.85. The second-order valence-corrected chi connectivity index (χ2v) is 3.99. The van der Waals surface area contributed by atoms with Crippen LogP contribution in [0.4, 0.5) is 14.6 Å². The van der Waals surface area contributed by atoms with Gasteiger partial charge in [-0.2, -0.15) is 0 Å². The van der Waals surface area contributed by atoms with Crippen LogP contribution in [-0.4, -0.2) is 28.0 Å². The predicted molar refractivity (Wildman–Crippen MR) is 60.4 cm³/mol. The number of nitrogens with zero attached hydrogens (tertiary/aromatic N) is 2. The van der Waals surface area contributed by atoms with Crippen LogP contribution in [0.15, 0.2) is 30.6 Å². The number of hydrogen-bond acceptors (Lipinski definition) is 4. The number of pyridine rings is 1. The van der Waals surface area contributed by atoms with Gasteiger partial charge in [0.05, 0.1) is 5.02 Å². The number of hydrogen-bond donors (Lipinski definition) is 2. The van der Waals surface area contributed by atoms with Crippen LogP contribution in [0.5, 0.6) is 0 Å². The second-order valence-electron chi connectivity index (χ2n) is 3.58. The maximum atomic E-state index is 12.9. The zero-order valence-corrected chi connectivity index (χ0v) is 9.60. The summed E-state index contributed by atoms with van der Waals surface area (Å²) in [6.45, 7) is 0. The molecule has 0 bridgehead atoms. The largest absolute Gasteiger partial charge is 0.479 e. The van der Waals surface area contributed by atoms with Crippen molar-refractivity contribution in [2.24, 2.45) is 0 Å². The van der Waals surface area contributed by atoms with Gasteiger partial charge in [-0.3, -0.25) is 5.01 Å². The Morgan fingerprint density at radius 3 is 2.83 bits per heavy atom. The molecule has 1 aromatic heterocycles. The molecule has 0 spiro atoms. The van der Waals surface area contributed by atoms with Crippen LogP contribution in [-0.2, 0) is 4.79 Å². The lowest BCUT2D eigenvalue weighted by molar-refractivity contribution is -0.148. The van der Waals surface area contributed by atoms with Crippen molar-refractivity contribution in [3.8, 4) is 0 Å². The van der Waals surface area contributed by atoms with Crippen LogP contribution in [0.25, 0.3) is 0 Å². The molecule has 18 heavy (non-hydrogen) atoms. The third-order valence-electron chi connectivity index (χ3n) is 2.46. The number of aliphatic carboxylic acids is 1. The first-order chi connectivity index (χ1) is 8.47. The highest BCUT2D eigenvalue weighted by Gasteiger charge is 2.50. The van der Waals surface area contributed by atoms with Crippen LogP contribution in [0.1, 0.15) is 0 Å². The molecule has 0 radical (unpaired) electrons. The highest BCUT2D eigenvalue weighted by atomic mass is 35.5. The summed E-state index contributed by atoms with van der Waals surface area (Å²) in [7, 11) is 0. The van der Waals surface area contributed by atoms with Crippen LogP contribution in [0.3, 0.4) is 0 Å². The van der Waals surface area contributed by atoms with Crippen molar-refractivity contribution in [1.82, 2.24) is 10.4 Å². The van der Waals surface area contributed by atoms with E-state index in [-0.39, 0.29) is 10.8 Å². The summed E-state index contributed by atoms with van der Waals surface area (Å²) in [4.78, 5) is 14.8. The summed E-state index contributed by atoms with van der Waals surface area (Å²) in [5, 5.41) is 10.2. The standard InChI is InChI=1S/C10H8ClF2N3O2/c11-6-2-1-4-14-7(6)16-5-3-10(15-16,8(12)13)9(17)18/h1-5,8,15H,(H,17,18). The Kier molecular flexibility index (Phi) is 3.18. The van der Waals surface area contributed by atoms with Crippen LogP contribution >= 0.6 is 11.6 Å². The Bertz CT molecular complexity index is 512. The van der Waals surface area contributed by atoms with Gasteiger partial charge in [-0.05, 0) is 18.2 Å². The van der Waals surface area contributed by atoms with E-state index in [0.717, 1.165) is 17.3 Å². The Labute approximate surface area is 106 Å². The van der Waals surface area contributed by atoms with E-state index >= 15 is 0 Å². The van der Waals surface area contributed by atoms with E-state index in [1.165, 1.54) is 12.3 Å². The zero-order chi connectivity index (χ0) is 13.3. The molecule has 2 heterocycles. The summed E-state index contributed by atoms with van der Waals surface area (Å²) in [6.07, 6.45) is 0.332. The number of halogens is 3. The van der Waals surface area contributed by atoms with E-state index in [9.17, 15) is 13.6 Å². The van der Waals surface area contributed by atoms with Crippen molar-refractivity contribution in [2.45, 2.75) is 12.0 Å². The number of carboxylic acid groups (broad SMARTS) is 1. The summed E-state index contributed by atoms with van der Waals surface area (Å²) in [6, 6.07) is 3.09. The molecule has 0 fully saturated rings. The van der Waals surface area contributed by atoms with Gasteiger partial charge in [-0.25, -0.2) is 24.0 Å². The molecule has 5 nitrogen and oxygen atoms in total. The van der Waals surface area contributed by atoms with Gasteiger partial charge >= 0.3 is 5.97 Å². The lowest BCUT2D eigenvalue weighted by Gasteiger charge is -2.26. The lowest BCUT2D eigenvalue weighted by Crippen LogP contribution is -2.57. The molecule has 1 aromatic rings. The highest BCUT2D eigenvalue weighted by molar-refractivity contribution is 6.32. The molecule has 1 unspecified atom stereocenters. The Morgan fingerprint density at radius 1 is 1.61 bits per heavy atom. The van der Waals surface area contributed by atoms with Crippen molar-refractivity contribution in [2.75, 3.05) is 5.01 Å². The molecule has 2 rings (SSSR count). The maximum absolute atomic E-state index is 12.9. The first kappa shape index (κ1) is 12.7. The molecule has 2 N–H and O–H groups in total. The minimum atomic E-state index is -3.11. The Balaban J connectivity index is 2.31. The van der Waals surface area contributed by atoms with E-state index < -0.39 is 17.9 Å². The number of carbonyl (C=O) groups is 1. The predicted octanol–water partition coefficient (Wildman–Crippen LogP) is 1.66. The summed E-state index contributed by atoms with van der Waals surface area (Å²) >= 11 is 5.84. The number of rotatable bonds is 3. The lowest BCUT2D eigenvalue weighted by atomic mass is 10.0. The van der Waals surface area contributed by atoms with Gasteiger partial charge in [0.1, 0.15) is 0 Å².